The molecule has 0 radical (unpaired) electrons. The lowest BCUT2D eigenvalue weighted by Gasteiger charge is -2.20. The van der Waals surface area contributed by atoms with Gasteiger partial charge in [-0.1, -0.05) is 12.2 Å². The second-order valence-corrected chi connectivity index (χ2v) is 6.37. The Morgan fingerprint density at radius 1 is 1.12 bits per heavy atom. The standard InChI is InChI=1S/C15H19F3N2O4/c1-14(2,3)24-13(22)20-7-6-19-12(21)10-8-4-5-9(23-8)11(10)15(16,17)18/h4-5,8-9H,6-7H2,1-3H3,(H,19,21)(H,20,22). The molecule has 9 heteroatoms. The minimum Gasteiger partial charge on any atom is -0.444 e. The molecule has 0 saturated heterocycles. The Labute approximate surface area is 137 Å². The summed E-state index contributed by atoms with van der Waals surface area (Å²) in [5.74, 6) is -0.856. The van der Waals surface area contributed by atoms with Gasteiger partial charge in [0.2, 0.25) is 0 Å². The van der Waals surface area contributed by atoms with Crippen LogP contribution in [-0.2, 0) is 14.3 Å². The fourth-order valence-electron chi connectivity index (χ4n) is 2.40. The maximum Gasteiger partial charge on any atom is 0.416 e. The van der Waals surface area contributed by atoms with Crippen LogP contribution in [0, 0.1) is 0 Å². The number of carbonyl (C=O) groups excluding carboxylic acids is 2. The Kier molecular flexibility index (Phi) is 4.93. The number of alkyl halides is 3. The van der Waals surface area contributed by atoms with Crippen LogP contribution in [0.1, 0.15) is 20.8 Å². The Balaban J connectivity index is 1.87. The van der Waals surface area contributed by atoms with E-state index in [0.29, 0.717) is 0 Å². The SMILES string of the molecule is CC(C)(C)OC(=O)NCCNC(=O)C1=C(C(F)(F)F)C2C=CC1O2. The third-order valence-corrected chi connectivity index (χ3v) is 3.24. The van der Waals surface area contributed by atoms with E-state index in [1.165, 1.54) is 12.2 Å². The maximum atomic E-state index is 13.1. The van der Waals surface area contributed by atoms with Crippen molar-refractivity contribution in [2.24, 2.45) is 0 Å². The molecule has 0 saturated carbocycles. The van der Waals surface area contributed by atoms with Crippen LogP contribution in [0.3, 0.4) is 0 Å². The van der Waals surface area contributed by atoms with E-state index in [0.717, 1.165) is 0 Å². The summed E-state index contributed by atoms with van der Waals surface area (Å²) < 4.78 is 49.3. The molecule has 2 bridgehead atoms. The molecule has 0 fully saturated rings. The van der Waals surface area contributed by atoms with Crippen LogP contribution in [0.4, 0.5) is 18.0 Å². The molecule has 0 aromatic heterocycles. The summed E-state index contributed by atoms with van der Waals surface area (Å²) in [6, 6.07) is 0. The molecule has 0 aliphatic carbocycles. The topological polar surface area (TPSA) is 76.7 Å². The molecule has 2 amide bonds. The maximum absolute atomic E-state index is 13.1. The quantitative estimate of drug-likeness (QED) is 0.600. The average Bonchev–Trinajstić information content (AvgIpc) is 3.00. The highest BCUT2D eigenvalue weighted by molar-refractivity contribution is 5.97. The first-order valence-corrected chi connectivity index (χ1v) is 7.39. The number of ether oxygens (including phenoxy) is 2. The summed E-state index contributed by atoms with van der Waals surface area (Å²) in [6.07, 6.45) is -4.80. The van der Waals surface area contributed by atoms with Gasteiger partial charge < -0.3 is 20.1 Å². The van der Waals surface area contributed by atoms with Gasteiger partial charge >= 0.3 is 12.3 Å². The van der Waals surface area contributed by atoms with E-state index in [9.17, 15) is 22.8 Å². The van der Waals surface area contributed by atoms with E-state index in [1.54, 1.807) is 20.8 Å². The number of fused-ring (bicyclic) bond motifs is 2. The minimum atomic E-state index is -4.63. The summed E-state index contributed by atoms with van der Waals surface area (Å²) >= 11 is 0. The zero-order valence-electron chi connectivity index (χ0n) is 13.5. The number of amides is 2. The molecule has 2 aliphatic rings. The van der Waals surface area contributed by atoms with Crippen molar-refractivity contribution < 1.29 is 32.2 Å². The Hall–Kier alpha value is -2.03. The zero-order chi connectivity index (χ0) is 18.1. The lowest BCUT2D eigenvalue weighted by molar-refractivity contribution is -0.119. The number of rotatable bonds is 4. The van der Waals surface area contributed by atoms with Crippen molar-refractivity contribution in [3.8, 4) is 0 Å². The third kappa shape index (κ3) is 4.28. The number of hydrogen-bond acceptors (Lipinski definition) is 4. The molecule has 2 N–H and O–H groups in total. The van der Waals surface area contributed by atoms with Gasteiger partial charge in [0.15, 0.2) is 0 Å². The molecule has 2 atom stereocenters. The molecule has 134 valence electrons. The summed E-state index contributed by atoms with van der Waals surface area (Å²) in [5.41, 5.74) is -2.05. The number of carbonyl (C=O) groups is 2. The van der Waals surface area contributed by atoms with Gasteiger partial charge in [0.1, 0.15) is 17.8 Å². The number of halogens is 3. The summed E-state index contributed by atoms with van der Waals surface area (Å²) in [6.45, 7) is 5.08. The number of hydrogen-bond donors (Lipinski definition) is 2. The third-order valence-electron chi connectivity index (χ3n) is 3.24. The van der Waals surface area contributed by atoms with Crippen molar-refractivity contribution in [3.05, 3.63) is 23.3 Å². The van der Waals surface area contributed by atoms with E-state index in [4.69, 9.17) is 9.47 Å². The molecule has 2 heterocycles. The Bertz CT molecular complexity index is 591. The average molecular weight is 348 g/mol. The van der Waals surface area contributed by atoms with E-state index in [-0.39, 0.29) is 13.1 Å². The molecule has 2 unspecified atom stereocenters. The highest BCUT2D eigenvalue weighted by Crippen LogP contribution is 2.43. The van der Waals surface area contributed by atoms with Gasteiger partial charge in [0, 0.05) is 13.1 Å². The Morgan fingerprint density at radius 2 is 1.71 bits per heavy atom. The lowest BCUT2D eigenvalue weighted by Crippen LogP contribution is -2.39. The minimum absolute atomic E-state index is 0.0279. The van der Waals surface area contributed by atoms with Crippen molar-refractivity contribution in [2.45, 2.75) is 44.8 Å². The molecule has 2 aliphatic heterocycles. The van der Waals surface area contributed by atoms with Crippen molar-refractivity contribution in [1.82, 2.24) is 10.6 Å². The molecular weight excluding hydrogens is 329 g/mol. The van der Waals surface area contributed by atoms with Gasteiger partial charge in [-0.2, -0.15) is 13.2 Å². The smallest absolute Gasteiger partial charge is 0.416 e. The van der Waals surface area contributed by atoms with Crippen LogP contribution < -0.4 is 10.6 Å². The van der Waals surface area contributed by atoms with Crippen LogP contribution in [-0.4, -0.2) is 49.1 Å². The van der Waals surface area contributed by atoms with E-state index in [2.05, 4.69) is 10.6 Å². The fourth-order valence-corrected chi connectivity index (χ4v) is 2.40. The summed E-state index contributed by atoms with van der Waals surface area (Å²) in [7, 11) is 0. The number of nitrogens with one attached hydrogen (secondary N) is 2. The van der Waals surface area contributed by atoms with Crippen molar-refractivity contribution >= 4 is 12.0 Å². The van der Waals surface area contributed by atoms with Gasteiger partial charge in [-0.25, -0.2) is 4.79 Å². The van der Waals surface area contributed by atoms with Gasteiger partial charge in [-0.05, 0) is 20.8 Å². The van der Waals surface area contributed by atoms with Gasteiger partial charge in [-0.15, -0.1) is 0 Å². The molecular formula is C15H19F3N2O4. The first-order valence-electron chi connectivity index (χ1n) is 7.39. The van der Waals surface area contributed by atoms with Crippen LogP contribution in [0.15, 0.2) is 23.3 Å². The largest absolute Gasteiger partial charge is 0.444 e. The van der Waals surface area contributed by atoms with Crippen LogP contribution in [0.25, 0.3) is 0 Å². The Morgan fingerprint density at radius 3 is 2.29 bits per heavy atom. The highest BCUT2D eigenvalue weighted by Gasteiger charge is 2.51. The van der Waals surface area contributed by atoms with E-state index >= 15 is 0 Å². The molecule has 6 nitrogen and oxygen atoms in total. The molecule has 0 aromatic rings. The van der Waals surface area contributed by atoms with Crippen LogP contribution in [0.5, 0.6) is 0 Å². The van der Waals surface area contributed by atoms with Gasteiger partial charge in [0.05, 0.1) is 11.1 Å². The van der Waals surface area contributed by atoms with Crippen molar-refractivity contribution in [3.63, 3.8) is 0 Å². The second-order valence-electron chi connectivity index (χ2n) is 6.37. The zero-order valence-corrected chi connectivity index (χ0v) is 13.5. The van der Waals surface area contributed by atoms with Gasteiger partial charge in [-0.3, -0.25) is 4.79 Å². The lowest BCUT2D eigenvalue weighted by atomic mass is 9.96. The molecule has 2 rings (SSSR count). The van der Waals surface area contributed by atoms with Crippen molar-refractivity contribution in [1.29, 1.82) is 0 Å². The predicted molar refractivity (Wildman–Crippen MR) is 78.1 cm³/mol. The summed E-state index contributed by atoms with van der Waals surface area (Å²) in [4.78, 5) is 23.5. The molecule has 24 heavy (non-hydrogen) atoms. The summed E-state index contributed by atoms with van der Waals surface area (Å²) in [5, 5.41) is 4.75. The number of alkyl carbamates (subject to hydrolysis) is 1. The highest BCUT2D eigenvalue weighted by atomic mass is 19.4. The van der Waals surface area contributed by atoms with E-state index < -0.39 is 47.1 Å². The first kappa shape index (κ1) is 18.3. The van der Waals surface area contributed by atoms with Crippen LogP contribution in [0.2, 0.25) is 0 Å². The van der Waals surface area contributed by atoms with Gasteiger partial charge in [0.25, 0.3) is 5.91 Å². The second kappa shape index (κ2) is 6.46. The molecule has 0 spiro atoms. The van der Waals surface area contributed by atoms with Crippen molar-refractivity contribution in [2.75, 3.05) is 13.1 Å². The fraction of sp³-hybridized carbons (Fsp3) is 0.600. The van der Waals surface area contributed by atoms with E-state index in [1.807, 2.05) is 0 Å². The normalized spacial score (nSPS) is 22.8. The molecule has 0 aromatic carbocycles. The van der Waals surface area contributed by atoms with Crippen LogP contribution >= 0.6 is 0 Å². The first-order chi connectivity index (χ1) is 11.0. The predicted octanol–water partition coefficient (Wildman–Crippen LogP) is 1.82. The monoisotopic (exact) mass is 348 g/mol.